The average Bonchev–Trinajstić information content (AvgIpc) is 2.93. The quantitative estimate of drug-likeness (QED) is 0.662. The summed E-state index contributed by atoms with van der Waals surface area (Å²) in [5, 5.41) is 14.7. The first-order valence-electron chi connectivity index (χ1n) is 7.86. The maximum absolute atomic E-state index is 11.4. The van der Waals surface area contributed by atoms with Gasteiger partial charge >= 0.3 is 5.69 Å². The number of aryl methyl sites for hydroxylation is 2. The molecule has 1 fully saturated rings. The van der Waals surface area contributed by atoms with E-state index in [1.807, 2.05) is 0 Å². The first-order chi connectivity index (χ1) is 11.0. The van der Waals surface area contributed by atoms with E-state index in [-0.39, 0.29) is 11.4 Å². The van der Waals surface area contributed by atoms with E-state index in [9.17, 15) is 10.1 Å². The number of nitrogens with zero attached hydrogens (tertiary/aromatic N) is 4. The molecule has 0 bridgehead atoms. The second-order valence-electron chi connectivity index (χ2n) is 5.95. The van der Waals surface area contributed by atoms with Crippen molar-refractivity contribution in [3.05, 3.63) is 27.8 Å². The fourth-order valence-electron chi connectivity index (χ4n) is 3.01. The molecule has 0 atom stereocenters. The minimum absolute atomic E-state index is 0.0807. The molecule has 0 aromatic carbocycles. The van der Waals surface area contributed by atoms with Crippen LogP contribution in [0.1, 0.15) is 43.6 Å². The molecule has 8 nitrogen and oxygen atoms in total. The van der Waals surface area contributed by atoms with Gasteiger partial charge in [0, 0.05) is 6.04 Å². The first kappa shape index (κ1) is 15.4. The molecule has 2 aromatic heterocycles. The molecule has 0 unspecified atom stereocenters. The van der Waals surface area contributed by atoms with Crippen molar-refractivity contribution in [3.8, 4) is 11.4 Å². The van der Waals surface area contributed by atoms with Gasteiger partial charge in [-0.3, -0.25) is 10.1 Å². The van der Waals surface area contributed by atoms with Gasteiger partial charge in [-0.15, -0.1) is 0 Å². The molecule has 23 heavy (non-hydrogen) atoms. The monoisotopic (exact) mass is 316 g/mol. The molecule has 2 heterocycles. The molecule has 0 saturated heterocycles. The summed E-state index contributed by atoms with van der Waals surface area (Å²) in [6.45, 7) is 3.43. The van der Waals surface area contributed by atoms with Crippen LogP contribution in [-0.2, 0) is 0 Å². The van der Waals surface area contributed by atoms with E-state index in [1.54, 1.807) is 20.0 Å². The number of nitrogens with one attached hydrogen (secondary N) is 2. The third-order valence-electron chi connectivity index (χ3n) is 4.14. The van der Waals surface area contributed by atoms with E-state index in [0.29, 0.717) is 29.2 Å². The topological polar surface area (TPSA) is 110 Å². The van der Waals surface area contributed by atoms with Crippen molar-refractivity contribution in [2.24, 2.45) is 0 Å². The van der Waals surface area contributed by atoms with Crippen LogP contribution in [0.3, 0.4) is 0 Å². The molecule has 0 amide bonds. The third-order valence-corrected chi connectivity index (χ3v) is 4.14. The van der Waals surface area contributed by atoms with Gasteiger partial charge in [0.15, 0.2) is 5.69 Å². The van der Waals surface area contributed by atoms with E-state index >= 15 is 0 Å². The lowest BCUT2D eigenvalue weighted by Gasteiger charge is -2.23. The van der Waals surface area contributed by atoms with Crippen LogP contribution in [-0.4, -0.2) is 30.9 Å². The molecule has 1 aliphatic carbocycles. The highest BCUT2D eigenvalue weighted by Crippen LogP contribution is 2.31. The fraction of sp³-hybridized carbons (Fsp3) is 0.533. The number of hydrogen-bond donors (Lipinski definition) is 2. The van der Waals surface area contributed by atoms with Crippen molar-refractivity contribution in [3.63, 3.8) is 0 Å². The summed E-state index contributed by atoms with van der Waals surface area (Å²) in [5.74, 6) is 1.13. The van der Waals surface area contributed by atoms with Gasteiger partial charge in [-0.1, -0.05) is 19.3 Å². The predicted molar refractivity (Wildman–Crippen MR) is 86.2 cm³/mol. The summed E-state index contributed by atoms with van der Waals surface area (Å²) in [7, 11) is 0. The van der Waals surface area contributed by atoms with Gasteiger partial charge in [0.25, 0.3) is 0 Å². The second kappa shape index (κ2) is 6.31. The second-order valence-corrected chi connectivity index (χ2v) is 5.95. The first-order valence-corrected chi connectivity index (χ1v) is 7.86. The summed E-state index contributed by atoms with van der Waals surface area (Å²) in [4.78, 5) is 26.8. The molecule has 3 rings (SSSR count). The van der Waals surface area contributed by atoms with Crippen molar-refractivity contribution in [2.75, 3.05) is 5.32 Å². The highest BCUT2D eigenvalue weighted by molar-refractivity contribution is 5.68. The number of rotatable bonds is 4. The Morgan fingerprint density at radius 3 is 2.61 bits per heavy atom. The van der Waals surface area contributed by atoms with Gasteiger partial charge < -0.3 is 10.3 Å². The van der Waals surface area contributed by atoms with E-state index < -0.39 is 4.92 Å². The van der Waals surface area contributed by atoms with Gasteiger partial charge in [-0.25, -0.2) is 15.0 Å². The number of anilines is 1. The molecule has 0 spiro atoms. The van der Waals surface area contributed by atoms with Gasteiger partial charge in [-0.2, -0.15) is 0 Å². The zero-order valence-corrected chi connectivity index (χ0v) is 13.3. The smallest absolute Gasteiger partial charge is 0.318 e. The summed E-state index contributed by atoms with van der Waals surface area (Å²) < 4.78 is 0. The molecule has 2 N–H and O–H groups in total. The minimum atomic E-state index is -0.439. The van der Waals surface area contributed by atoms with Crippen molar-refractivity contribution in [2.45, 2.75) is 52.0 Å². The van der Waals surface area contributed by atoms with Crippen LogP contribution in [0.25, 0.3) is 11.4 Å². The molecule has 122 valence electrons. The molecular formula is C15H20N6O2. The number of aromatic nitrogens is 4. The lowest BCUT2D eigenvalue weighted by Crippen LogP contribution is -2.24. The lowest BCUT2D eigenvalue weighted by atomic mass is 9.96. The van der Waals surface area contributed by atoms with Crippen LogP contribution in [0, 0.1) is 24.0 Å². The number of H-pyrrole nitrogens is 1. The normalized spacial score (nSPS) is 15.6. The number of hydrogen-bond acceptors (Lipinski definition) is 6. The van der Waals surface area contributed by atoms with Crippen LogP contribution in [0.5, 0.6) is 0 Å². The zero-order valence-electron chi connectivity index (χ0n) is 13.3. The Labute approximate surface area is 133 Å². The molecule has 0 aliphatic heterocycles. The number of imidazole rings is 1. The SMILES string of the molecule is Cc1ncc(-c2nc(NC3CCCCC3)nc(C)c2[N+](=O)[O-])[nH]1. The average molecular weight is 316 g/mol. The summed E-state index contributed by atoms with van der Waals surface area (Å²) in [5.41, 5.74) is 1.08. The lowest BCUT2D eigenvalue weighted by molar-refractivity contribution is -0.385. The summed E-state index contributed by atoms with van der Waals surface area (Å²) in [6.07, 6.45) is 7.37. The van der Waals surface area contributed by atoms with E-state index in [2.05, 4.69) is 25.3 Å². The number of nitro groups is 1. The maximum atomic E-state index is 11.4. The highest BCUT2D eigenvalue weighted by atomic mass is 16.6. The molecule has 0 radical (unpaired) electrons. The predicted octanol–water partition coefficient (Wildman–Crippen LogP) is 3.14. The molecule has 2 aromatic rings. The van der Waals surface area contributed by atoms with Crippen LogP contribution >= 0.6 is 0 Å². The Balaban J connectivity index is 1.99. The molecular weight excluding hydrogens is 296 g/mol. The Morgan fingerprint density at radius 1 is 1.26 bits per heavy atom. The molecule has 8 heteroatoms. The van der Waals surface area contributed by atoms with Gasteiger partial charge in [0.1, 0.15) is 11.5 Å². The molecule has 1 aliphatic rings. The standard InChI is InChI=1S/C15H20N6O2/c1-9-14(21(22)23)13(12-8-16-10(2)18-12)20-15(17-9)19-11-6-4-3-5-7-11/h8,11H,3-7H2,1-2H3,(H,16,18)(H,17,19,20). The highest BCUT2D eigenvalue weighted by Gasteiger charge is 2.25. The van der Waals surface area contributed by atoms with Gasteiger partial charge in [-0.05, 0) is 26.7 Å². The fourth-order valence-corrected chi connectivity index (χ4v) is 3.01. The van der Waals surface area contributed by atoms with Crippen LogP contribution in [0.4, 0.5) is 11.6 Å². The van der Waals surface area contributed by atoms with Crippen LogP contribution in [0.15, 0.2) is 6.20 Å². The number of aromatic amines is 1. The maximum Gasteiger partial charge on any atom is 0.318 e. The van der Waals surface area contributed by atoms with Crippen molar-refractivity contribution < 1.29 is 4.92 Å². The van der Waals surface area contributed by atoms with Crippen LogP contribution in [0.2, 0.25) is 0 Å². The Hall–Kier alpha value is -2.51. The Kier molecular flexibility index (Phi) is 4.22. The molecule has 1 saturated carbocycles. The minimum Gasteiger partial charge on any atom is -0.351 e. The van der Waals surface area contributed by atoms with E-state index in [1.165, 1.54) is 19.3 Å². The summed E-state index contributed by atoms with van der Waals surface area (Å²) >= 11 is 0. The third kappa shape index (κ3) is 3.30. The Morgan fingerprint density at radius 2 is 2.00 bits per heavy atom. The van der Waals surface area contributed by atoms with Crippen molar-refractivity contribution in [1.29, 1.82) is 0 Å². The van der Waals surface area contributed by atoms with Crippen molar-refractivity contribution in [1.82, 2.24) is 19.9 Å². The zero-order chi connectivity index (χ0) is 16.4. The largest absolute Gasteiger partial charge is 0.351 e. The van der Waals surface area contributed by atoms with Crippen molar-refractivity contribution >= 4 is 11.6 Å². The van der Waals surface area contributed by atoms with Crippen LogP contribution < -0.4 is 5.32 Å². The summed E-state index contributed by atoms with van der Waals surface area (Å²) in [6, 6.07) is 0.334. The van der Waals surface area contributed by atoms with E-state index in [4.69, 9.17) is 0 Å². The van der Waals surface area contributed by atoms with Gasteiger partial charge in [0.05, 0.1) is 16.8 Å². The Bertz CT molecular complexity index is 721. The van der Waals surface area contributed by atoms with E-state index in [0.717, 1.165) is 12.8 Å². The van der Waals surface area contributed by atoms with Gasteiger partial charge in [0.2, 0.25) is 5.95 Å².